The topological polar surface area (TPSA) is 92.1 Å². The first-order chi connectivity index (χ1) is 14.0. The van der Waals surface area contributed by atoms with Crippen molar-refractivity contribution in [3.63, 3.8) is 0 Å². The molecule has 8 nitrogen and oxygen atoms in total. The van der Waals surface area contributed by atoms with Crippen LogP contribution in [-0.2, 0) is 20.0 Å². The van der Waals surface area contributed by atoms with E-state index in [0.717, 1.165) is 17.0 Å². The second-order valence-electron chi connectivity index (χ2n) is 6.01. The average Bonchev–Trinajstić information content (AvgIpc) is 3.11. The highest BCUT2D eigenvalue weighted by Gasteiger charge is 2.15. The molecule has 0 radical (unpaired) electrons. The highest BCUT2D eigenvalue weighted by Crippen LogP contribution is 2.33. The van der Waals surface area contributed by atoms with Crippen LogP contribution in [0.15, 0.2) is 22.6 Å². The summed E-state index contributed by atoms with van der Waals surface area (Å²) in [5.74, 6) is 3.26. The van der Waals surface area contributed by atoms with Crippen molar-refractivity contribution in [3.8, 4) is 23.0 Å². The monoisotopic (exact) mass is 424 g/mol. The van der Waals surface area contributed by atoms with Crippen molar-refractivity contribution in [1.82, 2.24) is 10.3 Å². The molecule has 1 aromatic heterocycles. The number of hydrogen-bond acceptors (Lipinski definition) is 8. The summed E-state index contributed by atoms with van der Waals surface area (Å²) in [7, 11) is 4.72. The number of nitrogens with zero attached hydrogens (tertiary/aromatic N) is 1. The second-order valence-corrected chi connectivity index (χ2v) is 6.99. The predicted octanol–water partition coefficient (Wildman–Crippen LogP) is 3.03. The molecule has 1 heterocycles. The lowest BCUT2D eigenvalue weighted by Crippen LogP contribution is -2.35. The minimum atomic E-state index is -0.434. The van der Waals surface area contributed by atoms with Crippen LogP contribution in [0.3, 0.4) is 0 Å². The van der Waals surface area contributed by atoms with E-state index in [9.17, 15) is 4.79 Å². The van der Waals surface area contributed by atoms with Crippen LogP contribution in [0.4, 0.5) is 0 Å². The first-order valence-corrected chi connectivity index (χ1v) is 10.3. The normalized spacial score (nSPS) is 11.9. The highest BCUT2D eigenvalue weighted by molar-refractivity contribution is 7.99. The lowest BCUT2D eigenvalue weighted by Gasteiger charge is -2.15. The first-order valence-electron chi connectivity index (χ1n) is 9.19. The molecule has 160 valence electrons. The van der Waals surface area contributed by atoms with Gasteiger partial charge in [-0.25, -0.2) is 4.98 Å². The van der Waals surface area contributed by atoms with Gasteiger partial charge in [-0.2, -0.15) is 0 Å². The molecular formula is C20H28N2O6S. The Bertz CT molecular complexity index is 795. The summed E-state index contributed by atoms with van der Waals surface area (Å²) >= 11 is 1.46. The lowest BCUT2D eigenvalue weighted by atomic mass is 10.2. The molecule has 1 N–H and O–H groups in total. The Kier molecular flexibility index (Phi) is 9.30. The fourth-order valence-electron chi connectivity index (χ4n) is 2.54. The molecule has 2 rings (SSSR count). The summed E-state index contributed by atoms with van der Waals surface area (Å²) in [6, 6.07) is 5.49. The van der Waals surface area contributed by atoms with E-state index in [1.54, 1.807) is 21.3 Å². The van der Waals surface area contributed by atoms with Gasteiger partial charge in [0.05, 0.1) is 32.2 Å². The van der Waals surface area contributed by atoms with E-state index in [-0.39, 0.29) is 5.91 Å². The largest absolute Gasteiger partial charge is 0.493 e. The third kappa shape index (κ3) is 6.66. The van der Waals surface area contributed by atoms with E-state index in [1.807, 2.05) is 32.0 Å². The van der Waals surface area contributed by atoms with Crippen LogP contribution in [0, 0.1) is 6.92 Å². The van der Waals surface area contributed by atoms with E-state index in [0.29, 0.717) is 42.0 Å². The number of oxazole rings is 1. The van der Waals surface area contributed by atoms with Crippen molar-refractivity contribution in [2.75, 3.05) is 40.2 Å². The van der Waals surface area contributed by atoms with Gasteiger partial charge in [0, 0.05) is 25.0 Å². The maximum absolute atomic E-state index is 12.0. The van der Waals surface area contributed by atoms with E-state index >= 15 is 0 Å². The average molecular weight is 425 g/mol. The van der Waals surface area contributed by atoms with Gasteiger partial charge in [0.1, 0.15) is 5.76 Å². The third-order valence-electron chi connectivity index (χ3n) is 4.08. The molecule has 29 heavy (non-hydrogen) atoms. The molecule has 0 aliphatic carbocycles. The van der Waals surface area contributed by atoms with Gasteiger partial charge in [0.25, 0.3) is 0 Å². The molecule has 0 aliphatic rings. The van der Waals surface area contributed by atoms with Gasteiger partial charge < -0.3 is 28.7 Å². The highest BCUT2D eigenvalue weighted by atomic mass is 32.2. The first kappa shape index (κ1) is 23.1. The van der Waals surface area contributed by atoms with Crippen LogP contribution >= 0.6 is 11.8 Å². The minimum absolute atomic E-state index is 0.0852. The molecule has 0 saturated heterocycles. The number of benzene rings is 1. The lowest BCUT2D eigenvalue weighted by molar-refractivity contribution is -0.130. The number of amides is 1. The molecule has 9 heteroatoms. The molecular weight excluding hydrogens is 396 g/mol. The maximum Gasteiger partial charge on any atom is 0.230 e. The molecule has 1 amide bonds. The van der Waals surface area contributed by atoms with Crippen LogP contribution < -0.4 is 14.8 Å². The number of carbonyl (C=O) groups excluding carboxylic acids is 1. The minimum Gasteiger partial charge on any atom is -0.493 e. The van der Waals surface area contributed by atoms with Crippen molar-refractivity contribution in [2.45, 2.75) is 25.9 Å². The molecule has 0 fully saturated rings. The quantitative estimate of drug-likeness (QED) is 0.520. The maximum atomic E-state index is 12.0. The predicted molar refractivity (Wildman–Crippen MR) is 111 cm³/mol. The Morgan fingerprint density at radius 1 is 1.24 bits per heavy atom. The van der Waals surface area contributed by atoms with Crippen LogP contribution in [0.1, 0.15) is 18.4 Å². The molecule has 0 bridgehead atoms. The van der Waals surface area contributed by atoms with Gasteiger partial charge in [-0.3, -0.25) is 4.79 Å². The van der Waals surface area contributed by atoms with Crippen LogP contribution in [0.5, 0.6) is 11.5 Å². The standard InChI is InChI=1S/C20H28N2O6S/c1-6-27-19(26-5)10-21-18(23)12-29-11-15-13(2)28-20(22-15)14-7-8-16(24-3)17(9-14)25-4/h7-9,19H,6,10-12H2,1-5H3,(H,21,23). The summed E-state index contributed by atoms with van der Waals surface area (Å²) in [5, 5.41) is 2.79. The zero-order valence-corrected chi connectivity index (χ0v) is 18.3. The van der Waals surface area contributed by atoms with Crippen molar-refractivity contribution < 1.29 is 28.2 Å². The molecule has 1 aromatic carbocycles. The van der Waals surface area contributed by atoms with Gasteiger partial charge in [-0.05, 0) is 32.0 Å². The number of methoxy groups -OCH3 is 3. The number of carbonyl (C=O) groups is 1. The van der Waals surface area contributed by atoms with E-state index in [2.05, 4.69) is 10.3 Å². The number of nitrogens with one attached hydrogen (secondary N) is 1. The van der Waals surface area contributed by atoms with Gasteiger partial charge in [0.15, 0.2) is 17.8 Å². The Morgan fingerprint density at radius 3 is 2.66 bits per heavy atom. The zero-order chi connectivity index (χ0) is 21.2. The third-order valence-corrected chi connectivity index (χ3v) is 5.02. The molecule has 0 saturated carbocycles. The van der Waals surface area contributed by atoms with Crippen molar-refractivity contribution >= 4 is 17.7 Å². The van der Waals surface area contributed by atoms with Gasteiger partial charge in [0.2, 0.25) is 11.8 Å². The number of ether oxygens (including phenoxy) is 4. The SMILES string of the molecule is CCOC(CNC(=O)CSCc1nc(-c2ccc(OC)c(OC)c2)oc1C)OC. The fourth-order valence-corrected chi connectivity index (χ4v) is 3.39. The molecule has 1 atom stereocenters. The number of aromatic nitrogens is 1. The molecule has 1 unspecified atom stereocenters. The molecule has 2 aromatic rings. The van der Waals surface area contributed by atoms with Gasteiger partial charge in [-0.15, -0.1) is 11.8 Å². The summed E-state index contributed by atoms with van der Waals surface area (Å²) < 4.78 is 26.8. The summed E-state index contributed by atoms with van der Waals surface area (Å²) in [6.07, 6.45) is -0.434. The number of aryl methyl sites for hydroxylation is 1. The fraction of sp³-hybridized carbons (Fsp3) is 0.500. The van der Waals surface area contributed by atoms with Crippen molar-refractivity contribution in [3.05, 3.63) is 29.7 Å². The summed E-state index contributed by atoms with van der Waals surface area (Å²) in [4.78, 5) is 16.6. The molecule has 0 aliphatic heterocycles. The summed E-state index contributed by atoms with van der Waals surface area (Å²) in [6.45, 7) is 4.58. The van der Waals surface area contributed by atoms with Crippen LogP contribution in [-0.4, -0.2) is 57.4 Å². The smallest absolute Gasteiger partial charge is 0.230 e. The Balaban J connectivity index is 1.90. The van der Waals surface area contributed by atoms with E-state index in [1.165, 1.54) is 11.8 Å². The number of thioether (sulfide) groups is 1. The van der Waals surface area contributed by atoms with E-state index in [4.69, 9.17) is 23.4 Å². The van der Waals surface area contributed by atoms with Crippen molar-refractivity contribution in [2.24, 2.45) is 0 Å². The summed E-state index contributed by atoms with van der Waals surface area (Å²) in [5.41, 5.74) is 1.60. The van der Waals surface area contributed by atoms with Crippen LogP contribution in [0.2, 0.25) is 0 Å². The zero-order valence-electron chi connectivity index (χ0n) is 17.4. The second kappa shape index (κ2) is 11.7. The molecule has 0 spiro atoms. The Morgan fingerprint density at radius 2 is 2.00 bits per heavy atom. The number of hydrogen-bond donors (Lipinski definition) is 1. The van der Waals surface area contributed by atoms with Crippen molar-refractivity contribution in [1.29, 1.82) is 0 Å². The van der Waals surface area contributed by atoms with E-state index < -0.39 is 6.29 Å². The van der Waals surface area contributed by atoms with Crippen LogP contribution in [0.25, 0.3) is 11.5 Å². The van der Waals surface area contributed by atoms with Gasteiger partial charge >= 0.3 is 0 Å². The van der Waals surface area contributed by atoms with Gasteiger partial charge in [-0.1, -0.05) is 0 Å². The Labute approximate surface area is 175 Å². The number of rotatable bonds is 12. The Hall–Kier alpha value is -2.23.